The predicted molar refractivity (Wildman–Crippen MR) is 73.1 cm³/mol. The molecular formula is C15H26O2. The first-order chi connectivity index (χ1) is 7.95. The Bertz CT molecular complexity index is 294. The highest BCUT2D eigenvalue weighted by Gasteiger charge is 2.04. The molecule has 0 aliphatic rings. The zero-order chi connectivity index (χ0) is 13.3. The molecule has 0 unspecified atom stereocenters. The molecule has 0 aromatic heterocycles. The molecule has 0 aromatic carbocycles. The molecule has 0 spiro atoms. The van der Waals surface area contributed by atoms with Crippen molar-refractivity contribution < 1.29 is 9.90 Å². The summed E-state index contributed by atoms with van der Waals surface area (Å²) in [4.78, 5) is 10.7. The number of carbonyl (C=O) groups is 1. The first-order valence-corrected chi connectivity index (χ1v) is 6.48. The summed E-state index contributed by atoms with van der Waals surface area (Å²) in [5, 5.41) is 8.81. The maximum atomic E-state index is 10.7. The van der Waals surface area contributed by atoms with Gasteiger partial charge in [0.15, 0.2) is 0 Å². The van der Waals surface area contributed by atoms with Gasteiger partial charge in [-0.05, 0) is 53.4 Å². The zero-order valence-corrected chi connectivity index (χ0v) is 11.7. The minimum absolute atomic E-state index is 0.509. The summed E-state index contributed by atoms with van der Waals surface area (Å²) in [7, 11) is 0. The fourth-order valence-electron chi connectivity index (χ4n) is 1.65. The Hall–Kier alpha value is -1.05. The molecule has 0 aliphatic carbocycles. The summed E-state index contributed by atoms with van der Waals surface area (Å²) in [6.07, 6.45) is 9.15. The standard InChI is InChI=1S/C15H26O2/c1-12(2)10-8-6-5-7-9-11-13(3)14(4)15(16)17/h10H,5-9,11H2,1-4H3,(H,16,17). The van der Waals surface area contributed by atoms with Crippen molar-refractivity contribution in [1.29, 1.82) is 0 Å². The Labute approximate surface area is 105 Å². The van der Waals surface area contributed by atoms with E-state index in [1.807, 2.05) is 6.92 Å². The Morgan fingerprint density at radius 3 is 2.12 bits per heavy atom. The average Bonchev–Trinajstić information content (AvgIpc) is 2.25. The predicted octanol–water partition coefficient (Wildman–Crippen LogP) is 4.71. The maximum Gasteiger partial charge on any atom is 0.331 e. The molecular weight excluding hydrogens is 212 g/mol. The third-order valence-corrected chi connectivity index (χ3v) is 3.02. The number of allylic oxidation sites excluding steroid dienone is 3. The number of hydrogen-bond donors (Lipinski definition) is 1. The molecule has 0 saturated carbocycles. The molecule has 0 aromatic rings. The summed E-state index contributed by atoms with van der Waals surface area (Å²) in [5.74, 6) is -0.786. The molecule has 0 radical (unpaired) electrons. The van der Waals surface area contributed by atoms with Crippen molar-refractivity contribution in [2.24, 2.45) is 0 Å². The summed E-state index contributed by atoms with van der Waals surface area (Å²) in [6, 6.07) is 0. The van der Waals surface area contributed by atoms with Gasteiger partial charge in [0, 0.05) is 5.57 Å². The molecule has 0 rings (SSSR count). The SMILES string of the molecule is CC(C)=CCCCCCCC(C)=C(C)C(=O)O. The van der Waals surface area contributed by atoms with Crippen molar-refractivity contribution >= 4 is 5.97 Å². The summed E-state index contributed by atoms with van der Waals surface area (Å²) >= 11 is 0. The van der Waals surface area contributed by atoms with Gasteiger partial charge in [-0.1, -0.05) is 30.1 Å². The quantitative estimate of drug-likeness (QED) is 0.377. The molecule has 0 fully saturated rings. The molecule has 0 saturated heterocycles. The van der Waals surface area contributed by atoms with Crippen molar-refractivity contribution in [2.75, 3.05) is 0 Å². The van der Waals surface area contributed by atoms with Gasteiger partial charge in [0.1, 0.15) is 0 Å². The highest BCUT2D eigenvalue weighted by molar-refractivity contribution is 5.86. The minimum atomic E-state index is -0.786. The van der Waals surface area contributed by atoms with Crippen LogP contribution >= 0.6 is 0 Å². The lowest BCUT2D eigenvalue weighted by Crippen LogP contribution is -1.99. The topological polar surface area (TPSA) is 37.3 Å². The number of rotatable bonds is 8. The third kappa shape index (κ3) is 8.73. The van der Waals surface area contributed by atoms with E-state index in [2.05, 4.69) is 19.9 Å². The van der Waals surface area contributed by atoms with Crippen LogP contribution in [0.3, 0.4) is 0 Å². The molecule has 2 heteroatoms. The van der Waals surface area contributed by atoms with Crippen molar-refractivity contribution in [1.82, 2.24) is 0 Å². The molecule has 2 nitrogen and oxygen atoms in total. The van der Waals surface area contributed by atoms with Crippen LogP contribution in [0.25, 0.3) is 0 Å². The molecule has 0 atom stereocenters. The molecule has 98 valence electrons. The van der Waals surface area contributed by atoms with Crippen LogP contribution in [-0.4, -0.2) is 11.1 Å². The van der Waals surface area contributed by atoms with Gasteiger partial charge in [-0.2, -0.15) is 0 Å². The molecule has 1 N–H and O–H groups in total. The van der Waals surface area contributed by atoms with Gasteiger partial charge < -0.3 is 5.11 Å². The van der Waals surface area contributed by atoms with E-state index in [0.717, 1.165) is 18.4 Å². The summed E-state index contributed by atoms with van der Waals surface area (Å²) in [5.41, 5.74) is 2.91. The van der Waals surface area contributed by atoms with Crippen LogP contribution in [0.4, 0.5) is 0 Å². The highest BCUT2D eigenvalue weighted by Crippen LogP contribution is 2.14. The Kier molecular flexibility index (Phi) is 8.47. The van der Waals surface area contributed by atoms with E-state index in [4.69, 9.17) is 5.11 Å². The lowest BCUT2D eigenvalue weighted by atomic mass is 10.0. The first-order valence-electron chi connectivity index (χ1n) is 6.48. The van der Waals surface area contributed by atoms with Crippen molar-refractivity contribution in [3.05, 3.63) is 22.8 Å². The molecule has 17 heavy (non-hydrogen) atoms. The van der Waals surface area contributed by atoms with E-state index in [9.17, 15) is 4.79 Å². The van der Waals surface area contributed by atoms with Crippen LogP contribution in [0.15, 0.2) is 22.8 Å². The second kappa shape index (κ2) is 9.03. The Morgan fingerprint density at radius 2 is 1.59 bits per heavy atom. The smallest absolute Gasteiger partial charge is 0.331 e. The molecule has 0 bridgehead atoms. The van der Waals surface area contributed by atoms with Crippen molar-refractivity contribution in [2.45, 2.75) is 66.2 Å². The second-order valence-corrected chi connectivity index (χ2v) is 4.94. The van der Waals surface area contributed by atoms with Crippen molar-refractivity contribution in [3.8, 4) is 0 Å². The molecule has 0 amide bonds. The fraction of sp³-hybridized carbons (Fsp3) is 0.667. The van der Waals surface area contributed by atoms with E-state index >= 15 is 0 Å². The van der Waals surface area contributed by atoms with E-state index in [1.54, 1.807) is 6.92 Å². The normalized spacial score (nSPS) is 12.0. The van der Waals surface area contributed by atoms with Gasteiger partial charge in [0.2, 0.25) is 0 Å². The van der Waals surface area contributed by atoms with Gasteiger partial charge in [0.05, 0.1) is 0 Å². The second-order valence-electron chi connectivity index (χ2n) is 4.94. The van der Waals surface area contributed by atoms with Crippen LogP contribution in [0, 0.1) is 0 Å². The molecule has 0 heterocycles. The van der Waals surface area contributed by atoms with E-state index in [0.29, 0.717) is 5.57 Å². The monoisotopic (exact) mass is 238 g/mol. The highest BCUT2D eigenvalue weighted by atomic mass is 16.4. The van der Waals surface area contributed by atoms with Gasteiger partial charge in [-0.3, -0.25) is 0 Å². The Balaban J connectivity index is 3.62. The minimum Gasteiger partial charge on any atom is -0.478 e. The van der Waals surface area contributed by atoms with E-state index < -0.39 is 5.97 Å². The van der Waals surface area contributed by atoms with Crippen LogP contribution < -0.4 is 0 Å². The maximum absolute atomic E-state index is 10.7. The summed E-state index contributed by atoms with van der Waals surface area (Å²) < 4.78 is 0. The van der Waals surface area contributed by atoms with Crippen LogP contribution in [0.5, 0.6) is 0 Å². The Morgan fingerprint density at radius 1 is 1.00 bits per heavy atom. The van der Waals surface area contributed by atoms with E-state index in [1.165, 1.54) is 31.3 Å². The number of unbranched alkanes of at least 4 members (excludes halogenated alkanes) is 4. The van der Waals surface area contributed by atoms with Gasteiger partial charge in [-0.25, -0.2) is 4.79 Å². The fourth-order valence-corrected chi connectivity index (χ4v) is 1.65. The lowest BCUT2D eigenvalue weighted by Gasteiger charge is -2.04. The average molecular weight is 238 g/mol. The molecule has 0 aliphatic heterocycles. The number of carboxylic acid groups (broad SMARTS) is 1. The van der Waals surface area contributed by atoms with E-state index in [-0.39, 0.29) is 0 Å². The number of aliphatic carboxylic acids is 1. The zero-order valence-electron chi connectivity index (χ0n) is 11.7. The largest absolute Gasteiger partial charge is 0.478 e. The van der Waals surface area contributed by atoms with Crippen LogP contribution in [0.1, 0.15) is 66.2 Å². The van der Waals surface area contributed by atoms with Gasteiger partial charge >= 0.3 is 5.97 Å². The number of hydrogen-bond acceptors (Lipinski definition) is 1. The van der Waals surface area contributed by atoms with Crippen LogP contribution in [0.2, 0.25) is 0 Å². The first kappa shape index (κ1) is 16.0. The number of carboxylic acids is 1. The third-order valence-electron chi connectivity index (χ3n) is 3.02. The lowest BCUT2D eigenvalue weighted by molar-refractivity contribution is -0.132. The summed E-state index contributed by atoms with van der Waals surface area (Å²) in [6.45, 7) is 7.87. The van der Waals surface area contributed by atoms with Gasteiger partial charge in [0.25, 0.3) is 0 Å². The van der Waals surface area contributed by atoms with Crippen LogP contribution in [-0.2, 0) is 4.79 Å². The van der Waals surface area contributed by atoms with Crippen molar-refractivity contribution in [3.63, 3.8) is 0 Å². The van der Waals surface area contributed by atoms with Gasteiger partial charge in [-0.15, -0.1) is 0 Å².